The second kappa shape index (κ2) is 10.8. The fourth-order valence-electron chi connectivity index (χ4n) is 3.75. The number of anilines is 3. The molecule has 0 saturated carbocycles. The molecule has 2 aromatic heterocycles. The summed E-state index contributed by atoms with van der Waals surface area (Å²) in [7, 11) is -3.74. The molecule has 0 aliphatic heterocycles. The lowest BCUT2D eigenvalue weighted by atomic mass is 10.0. The summed E-state index contributed by atoms with van der Waals surface area (Å²) in [4.78, 5) is 16.1. The van der Waals surface area contributed by atoms with E-state index in [1.54, 1.807) is 18.3 Å². The van der Waals surface area contributed by atoms with E-state index < -0.39 is 10.0 Å². The predicted octanol–water partition coefficient (Wildman–Crippen LogP) is 3.84. The summed E-state index contributed by atoms with van der Waals surface area (Å²) < 4.78 is 22.9. The Hall–Kier alpha value is -3.60. The second-order valence-electron chi connectivity index (χ2n) is 8.02. The van der Waals surface area contributed by atoms with Gasteiger partial charge >= 0.3 is 0 Å². The minimum absolute atomic E-state index is 0.0447. The molecule has 2 heterocycles. The van der Waals surface area contributed by atoms with Crippen molar-refractivity contribution < 1.29 is 8.42 Å². The smallest absolute Gasteiger partial charge is 0.238 e. The topological polar surface area (TPSA) is 126 Å². The molecule has 182 valence electrons. The van der Waals surface area contributed by atoms with Crippen molar-refractivity contribution in [3.05, 3.63) is 67.0 Å². The van der Waals surface area contributed by atoms with E-state index >= 15 is 0 Å². The minimum atomic E-state index is -3.74. The van der Waals surface area contributed by atoms with Crippen LogP contribution in [0.25, 0.3) is 22.0 Å². The lowest BCUT2D eigenvalue weighted by Gasteiger charge is -2.18. The van der Waals surface area contributed by atoms with E-state index in [0.717, 1.165) is 54.0 Å². The van der Waals surface area contributed by atoms with Gasteiger partial charge in [-0.3, -0.25) is 0 Å². The summed E-state index contributed by atoms with van der Waals surface area (Å²) in [6.07, 6.45) is 3.60. The van der Waals surface area contributed by atoms with Crippen molar-refractivity contribution in [2.45, 2.75) is 18.7 Å². The first-order valence-electron chi connectivity index (χ1n) is 11.5. The first-order chi connectivity index (χ1) is 16.9. The number of hydrogen-bond donors (Lipinski definition) is 3. The standard InChI is InChI=1S/C25H29N7O2S/c1-3-32(4-2)15-14-27-23-13-8-18(16-28-23)22-7-5-6-19-17-29-25(31-24(19)22)30-20-9-11-21(12-10-20)35(26,33)34/h5-13,16-17H,3-4,14-15H2,1-2H3,(H,27,28)(H2,26,33,34)(H,29,30,31). The van der Waals surface area contributed by atoms with E-state index in [4.69, 9.17) is 10.1 Å². The van der Waals surface area contributed by atoms with Gasteiger partial charge in [0.05, 0.1) is 10.4 Å². The van der Waals surface area contributed by atoms with Crippen molar-refractivity contribution >= 4 is 38.4 Å². The highest BCUT2D eigenvalue weighted by atomic mass is 32.2. The van der Waals surface area contributed by atoms with E-state index in [2.05, 4.69) is 39.3 Å². The maximum Gasteiger partial charge on any atom is 0.238 e. The number of pyridine rings is 1. The zero-order valence-electron chi connectivity index (χ0n) is 19.8. The number of primary sulfonamides is 1. The van der Waals surface area contributed by atoms with Gasteiger partial charge in [0, 0.05) is 47.7 Å². The number of fused-ring (bicyclic) bond motifs is 1. The van der Waals surface area contributed by atoms with Crippen LogP contribution in [0.5, 0.6) is 0 Å². The van der Waals surface area contributed by atoms with Crippen molar-refractivity contribution in [2.75, 3.05) is 36.8 Å². The fraction of sp³-hybridized carbons (Fsp3) is 0.240. The lowest BCUT2D eigenvalue weighted by molar-refractivity contribution is 0.316. The van der Waals surface area contributed by atoms with Gasteiger partial charge in [-0.25, -0.2) is 28.5 Å². The molecule has 4 rings (SSSR count). The van der Waals surface area contributed by atoms with E-state index in [-0.39, 0.29) is 4.90 Å². The van der Waals surface area contributed by atoms with E-state index in [0.29, 0.717) is 11.6 Å². The van der Waals surface area contributed by atoms with Crippen LogP contribution in [-0.4, -0.2) is 54.4 Å². The van der Waals surface area contributed by atoms with Crippen LogP contribution < -0.4 is 15.8 Å². The third-order valence-electron chi connectivity index (χ3n) is 5.75. The average molecular weight is 492 g/mol. The molecule has 2 aromatic carbocycles. The van der Waals surface area contributed by atoms with Crippen LogP contribution in [0.4, 0.5) is 17.5 Å². The third kappa shape index (κ3) is 6.10. The summed E-state index contributed by atoms with van der Waals surface area (Å²) in [5, 5.41) is 12.6. The summed E-state index contributed by atoms with van der Waals surface area (Å²) in [5.74, 6) is 1.23. The Balaban J connectivity index is 1.53. The van der Waals surface area contributed by atoms with Gasteiger partial charge in [-0.2, -0.15) is 0 Å². The Kier molecular flexibility index (Phi) is 7.54. The van der Waals surface area contributed by atoms with Crippen molar-refractivity contribution in [3.63, 3.8) is 0 Å². The first kappa shape index (κ1) is 24.5. The highest BCUT2D eigenvalue weighted by Crippen LogP contribution is 2.28. The minimum Gasteiger partial charge on any atom is -0.369 e. The Morgan fingerprint density at radius 3 is 2.37 bits per heavy atom. The van der Waals surface area contributed by atoms with Crippen LogP contribution in [-0.2, 0) is 10.0 Å². The maximum absolute atomic E-state index is 11.5. The van der Waals surface area contributed by atoms with Gasteiger partial charge in [-0.15, -0.1) is 0 Å². The molecule has 0 bridgehead atoms. The summed E-state index contributed by atoms with van der Waals surface area (Å²) in [5.41, 5.74) is 3.33. The zero-order valence-corrected chi connectivity index (χ0v) is 20.6. The number of nitrogens with two attached hydrogens (primary N) is 1. The van der Waals surface area contributed by atoms with Crippen molar-refractivity contribution in [1.82, 2.24) is 19.9 Å². The number of aromatic nitrogens is 3. The van der Waals surface area contributed by atoms with Crippen molar-refractivity contribution in [1.29, 1.82) is 0 Å². The number of benzene rings is 2. The molecule has 4 aromatic rings. The monoisotopic (exact) mass is 491 g/mol. The molecule has 35 heavy (non-hydrogen) atoms. The summed E-state index contributed by atoms with van der Waals surface area (Å²) in [6.45, 7) is 8.20. The largest absolute Gasteiger partial charge is 0.369 e. The Labute approximate surface area is 205 Å². The second-order valence-corrected chi connectivity index (χ2v) is 9.58. The van der Waals surface area contributed by atoms with E-state index in [9.17, 15) is 8.42 Å². The summed E-state index contributed by atoms with van der Waals surface area (Å²) in [6, 6.07) is 16.1. The van der Waals surface area contributed by atoms with Crippen LogP contribution in [0.1, 0.15) is 13.8 Å². The molecular weight excluding hydrogens is 462 g/mol. The first-order valence-corrected chi connectivity index (χ1v) is 13.0. The van der Waals surface area contributed by atoms with Gasteiger partial charge in [0.25, 0.3) is 0 Å². The van der Waals surface area contributed by atoms with Crippen LogP contribution in [0.2, 0.25) is 0 Å². The SMILES string of the molecule is CCN(CC)CCNc1ccc(-c2cccc3cnc(Nc4ccc(S(N)(=O)=O)cc4)nc23)cn1. The molecule has 4 N–H and O–H groups in total. The Morgan fingerprint density at radius 1 is 0.943 bits per heavy atom. The normalized spacial score (nSPS) is 11.7. The molecule has 0 aliphatic rings. The van der Waals surface area contributed by atoms with Crippen LogP contribution >= 0.6 is 0 Å². The molecule has 0 spiro atoms. The van der Waals surface area contributed by atoms with Gasteiger partial charge in [-0.1, -0.05) is 32.0 Å². The molecule has 0 aliphatic carbocycles. The molecule has 0 amide bonds. The molecular formula is C25H29N7O2S. The van der Waals surface area contributed by atoms with E-state index in [1.165, 1.54) is 12.1 Å². The van der Waals surface area contributed by atoms with Crippen molar-refractivity contribution in [2.24, 2.45) is 5.14 Å². The van der Waals surface area contributed by atoms with Crippen LogP contribution in [0.3, 0.4) is 0 Å². The number of hydrogen-bond acceptors (Lipinski definition) is 8. The maximum atomic E-state index is 11.5. The van der Waals surface area contributed by atoms with Gasteiger partial charge in [0.15, 0.2) is 0 Å². The predicted molar refractivity (Wildman–Crippen MR) is 140 cm³/mol. The number of likely N-dealkylation sites (N-methyl/N-ethyl adjacent to an activating group) is 1. The highest BCUT2D eigenvalue weighted by molar-refractivity contribution is 7.89. The molecule has 0 fully saturated rings. The Morgan fingerprint density at radius 2 is 1.71 bits per heavy atom. The van der Waals surface area contributed by atoms with E-state index in [1.807, 2.05) is 36.5 Å². The molecule has 0 unspecified atom stereocenters. The number of sulfonamides is 1. The average Bonchev–Trinajstić information content (AvgIpc) is 2.86. The number of para-hydroxylation sites is 1. The molecule has 0 saturated heterocycles. The quantitative estimate of drug-likeness (QED) is 0.305. The number of rotatable bonds is 10. The fourth-order valence-corrected chi connectivity index (χ4v) is 4.26. The van der Waals surface area contributed by atoms with Gasteiger partial charge in [0.2, 0.25) is 16.0 Å². The zero-order chi connectivity index (χ0) is 24.8. The molecule has 0 radical (unpaired) electrons. The van der Waals surface area contributed by atoms with Crippen LogP contribution in [0.15, 0.2) is 71.9 Å². The number of nitrogens with zero attached hydrogens (tertiary/aromatic N) is 4. The summed E-state index contributed by atoms with van der Waals surface area (Å²) >= 11 is 0. The number of nitrogens with one attached hydrogen (secondary N) is 2. The molecule has 10 heteroatoms. The van der Waals surface area contributed by atoms with Crippen molar-refractivity contribution in [3.8, 4) is 11.1 Å². The van der Waals surface area contributed by atoms with Gasteiger partial charge in [0.1, 0.15) is 5.82 Å². The third-order valence-corrected chi connectivity index (χ3v) is 6.68. The highest BCUT2D eigenvalue weighted by Gasteiger charge is 2.10. The molecule has 9 nitrogen and oxygen atoms in total. The Bertz CT molecular complexity index is 1390. The lowest BCUT2D eigenvalue weighted by Crippen LogP contribution is -2.28. The van der Waals surface area contributed by atoms with Gasteiger partial charge < -0.3 is 15.5 Å². The molecule has 0 atom stereocenters. The van der Waals surface area contributed by atoms with Crippen LogP contribution in [0, 0.1) is 0 Å². The van der Waals surface area contributed by atoms with Gasteiger partial charge in [-0.05, 0) is 49.5 Å².